The average Bonchev–Trinajstić information content (AvgIpc) is 2.47. The number of halogens is 2. The van der Waals surface area contributed by atoms with Crippen LogP contribution in [0.25, 0.3) is 0 Å². The molecule has 2 aromatic carbocycles. The number of nitriles is 1. The van der Waals surface area contributed by atoms with E-state index in [1.54, 1.807) is 6.07 Å². The third kappa shape index (κ3) is 3.81. The standard InChI is InChI=1S/C16H14BrFN2O/c1-10(20)14-7-13(17)3-5-16(14)21-9-11-2-4-15(18)12(6-11)8-19/h2-7,10H,9,20H2,1H3/t10-/m1/s1. The van der Waals surface area contributed by atoms with Gasteiger partial charge < -0.3 is 10.5 Å². The summed E-state index contributed by atoms with van der Waals surface area (Å²) >= 11 is 3.40. The number of hydrogen-bond acceptors (Lipinski definition) is 3. The topological polar surface area (TPSA) is 59.0 Å². The summed E-state index contributed by atoms with van der Waals surface area (Å²) in [5.74, 6) is 0.150. The molecule has 0 heterocycles. The van der Waals surface area contributed by atoms with Crippen molar-refractivity contribution >= 4 is 15.9 Å². The molecule has 0 aliphatic rings. The van der Waals surface area contributed by atoms with Crippen LogP contribution in [0.15, 0.2) is 40.9 Å². The lowest BCUT2D eigenvalue weighted by atomic mass is 10.1. The number of nitrogens with two attached hydrogens (primary N) is 1. The van der Waals surface area contributed by atoms with E-state index in [1.807, 2.05) is 31.2 Å². The van der Waals surface area contributed by atoms with Gasteiger partial charge in [0.15, 0.2) is 0 Å². The van der Waals surface area contributed by atoms with Crippen molar-refractivity contribution in [3.8, 4) is 11.8 Å². The Morgan fingerprint density at radius 2 is 2.10 bits per heavy atom. The van der Waals surface area contributed by atoms with Gasteiger partial charge in [-0.15, -0.1) is 0 Å². The predicted octanol–water partition coefficient (Wildman–Crippen LogP) is 4.06. The predicted molar refractivity (Wildman–Crippen MR) is 82.2 cm³/mol. The fourth-order valence-corrected chi connectivity index (χ4v) is 2.29. The Morgan fingerprint density at radius 3 is 2.76 bits per heavy atom. The summed E-state index contributed by atoms with van der Waals surface area (Å²) in [4.78, 5) is 0. The van der Waals surface area contributed by atoms with Crippen LogP contribution in [-0.4, -0.2) is 0 Å². The third-order valence-corrected chi connectivity index (χ3v) is 3.50. The summed E-state index contributed by atoms with van der Waals surface area (Å²) in [5.41, 5.74) is 7.55. The maximum atomic E-state index is 13.3. The molecule has 108 valence electrons. The van der Waals surface area contributed by atoms with Crippen LogP contribution in [-0.2, 0) is 6.61 Å². The van der Waals surface area contributed by atoms with Crippen LogP contribution < -0.4 is 10.5 Å². The van der Waals surface area contributed by atoms with E-state index in [0.29, 0.717) is 5.75 Å². The van der Waals surface area contributed by atoms with Gasteiger partial charge in [0.05, 0.1) is 5.56 Å². The molecule has 0 aliphatic carbocycles. The van der Waals surface area contributed by atoms with Crippen LogP contribution in [0.1, 0.15) is 29.7 Å². The molecule has 0 unspecified atom stereocenters. The fraction of sp³-hybridized carbons (Fsp3) is 0.188. The van der Waals surface area contributed by atoms with Gasteiger partial charge in [-0.3, -0.25) is 0 Å². The van der Waals surface area contributed by atoms with Crippen molar-refractivity contribution in [1.82, 2.24) is 0 Å². The second-order valence-corrected chi connectivity index (χ2v) is 5.60. The van der Waals surface area contributed by atoms with Crippen molar-refractivity contribution < 1.29 is 9.13 Å². The van der Waals surface area contributed by atoms with Crippen molar-refractivity contribution in [2.24, 2.45) is 5.73 Å². The number of nitrogens with zero attached hydrogens (tertiary/aromatic N) is 1. The highest BCUT2D eigenvalue weighted by molar-refractivity contribution is 9.10. The van der Waals surface area contributed by atoms with Crippen LogP contribution in [0.2, 0.25) is 0 Å². The van der Waals surface area contributed by atoms with Gasteiger partial charge in [0.25, 0.3) is 0 Å². The number of benzene rings is 2. The Hall–Kier alpha value is -1.90. The Morgan fingerprint density at radius 1 is 1.33 bits per heavy atom. The van der Waals surface area contributed by atoms with Crippen LogP contribution in [0.4, 0.5) is 4.39 Å². The Labute approximate surface area is 131 Å². The molecule has 2 aromatic rings. The van der Waals surface area contributed by atoms with Crippen molar-refractivity contribution in [2.75, 3.05) is 0 Å². The summed E-state index contributed by atoms with van der Waals surface area (Å²) in [5, 5.41) is 8.82. The molecule has 0 amide bonds. The maximum absolute atomic E-state index is 13.3. The molecular weight excluding hydrogens is 335 g/mol. The third-order valence-electron chi connectivity index (χ3n) is 3.01. The van der Waals surface area contributed by atoms with E-state index in [-0.39, 0.29) is 18.2 Å². The molecule has 0 fully saturated rings. The zero-order chi connectivity index (χ0) is 15.4. The summed E-state index contributed by atoms with van der Waals surface area (Å²) < 4.78 is 19.9. The smallest absolute Gasteiger partial charge is 0.140 e. The van der Waals surface area contributed by atoms with Gasteiger partial charge in [-0.05, 0) is 42.8 Å². The second kappa shape index (κ2) is 6.70. The van der Waals surface area contributed by atoms with E-state index < -0.39 is 5.82 Å². The van der Waals surface area contributed by atoms with E-state index >= 15 is 0 Å². The molecule has 0 bridgehead atoms. The highest BCUT2D eigenvalue weighted by atomic mass is 79.9. The summed E-state index contributed by atoms with van der Waals surface area (Å²) in [6, 6.07) is 11.6. The van der Waals surface area contributed by atoms with E-state index in [1.165, 1.54) is 12.1 Å². The SMILES string of the molecule is C[C@@H](N)c1cc(Br)ccc1OCc1ccc(F)c(C#N)c1. The summed E-state index contributed by atoms with van der Waals surface area (Å²) in [6.07, 6.45) is 0. The Balaban J connectivity index is 2.19. The first-order valence-corrected chi connectivity index (χ1v) is 7.17. The normalized spacial score (nSPS) is 11.8. The minimum absolute atomic E-state index is 0.0133. The number of hydrogen-bond donors (Lipinski definition) is 1. The summed E-state index contributed by atoms with van der Waals surface area (Å²) in [7, 11) is 0. The van der Waals surface area contributed by atoms with E-state index in [9.17, 15) is 4.39 Å². The molecule has 1 atom stereocenters. The van der Waals surface area contributed by atoms with Gasteiger partial charge in [0.1, 0.15) is 24.2 Å². The first-order valence-electron chi connectivity index (χ1n) is 6.37. The largest absolute Gasteiger partial charge is 0.489 e. The first kappa shape index (κ1) is 15.5. The number of ether oxygens (including phenoxy) is 1. The molecule has 0 saturated heterocycles. The minimum atomic E-state index is -0.527. The molecule has 5 heteroatoms. The molecule has 2 rings (SSSR count). The van der Waals surface area contributed by atoms with Crippen molar-refractivity contribution in [2.45, 2.75) is 19.6 Å². The number of rotatable bonds is 4. The zero-order valence-corrected chi connectivity index (χ0v) is 13.0. The molecular formula is C16H14BrFN2O. The maximum Gasteiger partial charge on any atom is 0.140 e. The van der Waals surface area contributed by atoms with Crippen LogP contribution in [0, 0.1) is 17.1 Å². The van der Waals surface area contributed by atoms with Crippen molar-refractivity contribution in [3.63, 3.8) is 0 Å². The van der Waals surface area contributed by atoms with Gasteiger partial charge in [0, 0.05) is 16.1 Å². The zero-order valence-electron chi connectivity index (χ0n) is 11.4. The van der Waals surface area contributed by atoms with Gasteiger partial charge in [-0.2, -0.15) is 5.26 Å². The quantitative estimate of drug-likeness (QED) is 0.906. The highest BCUT2D eigenvalue weighted by Crippen LogP contribution is 2.28. The van der Waals surface area contributed by atoms with Gasteiger partial charge in [0.2, 0.25) is 0 Å². The van der Waals surface area contributed by atoms with E-state index in [2.05, 4.69) is 15.9 Å². The summed E-state index contributed by atoms with van der Waals surface area (Å²) in [6.45, 7) is 2.12. The lowest BCUT2D eigenvalue weighted by molar-refractivity contribution is 0.301. The van der Waals surface area contributed by atoms with E-state index in [4.69, 9.17) is 15.7 Å². The minimum Gasteiger partial charge on any atom is -0.489 e. The van der Waals surface area contributed by atoms with Crippen molar-refractivity contribution in [3.05, 3.63) is 63.4 Å². The molecule has 21 heavy (non-hydrogen) atoms. The van der Waals surface area contributed by atoms with Crippen LogP contribution in [0.3, 0.4) is 0 Å². The van der Waals surface area contributed by atoms with Gasteiger partial charge in [-0.25, -0.2) is 4.39 Å². The second-order valence-electron chi connectivity index (χ2n) is 4.69. The molecule has 0 aliphatic heterocycles. The monoisotopic (exact) mass is 348 g/mol. The Bertz CT molecular complexity index is 695. The fourth-order valence-electron chi connectivity index (χ4n) is 1.92. The van der Waals surface area contributed by atoms with E-state index in [0.717, 1.165) is 15.6 Å². The first-order chi connectivity index (χ1) is 10.0. The van der Waals surface area contributed by atoms with Crippen LogP contribution in [0.5, 0.6) is 5.75 Å². The molecule has 3 nitrogen and oxygen atoms in total. The highest BCUT2D eigenvalue weighted by Gasteiger charge is 2.10. The molecule has 0 radical (unpaired) electrons. The molecule has 2 N–H and O–H groups in total. The molecule has 0 aromatic heterocycles. The van der Waals surface area contributed by atoms with Crippen LogP contribution >= 0.6 is 15.9 Å². The lowest BCUT2D eigenvalue weighted by Crippen LogP contribution is -2.08. The van der Waals surface area contributed by atoms with Gasteiger partial charge >= 0.3 is 0 Å². The average molecular weight is 349 g/mol. The van der Waals surface area contributed by atoms with Crippen molar-refractivity contribution in [1.29, 1.82) is 5.26 Å². The molecule has 0 spiro atoms. The molecule has 0 saturated carbocycles. The van der Waals surface area contributed by atoms with Gasteiger partial charge in [-0.1, -0.05) is 22.0 Å². The lowest BCUT2D eigenvalue weighted by Gasteiger charge is -2.14. The Kier molecular flexibility index (Phi) is 4.94.